The maximum Gasteiger partial charge on any atom is 0.258 e. The molecule has 94 valence electrons. The van der Waals surface area contributed by atoms with Crippen LogP contribution in [0.5, 0.6) is 5.75 Å². The fourth-order valence-electron chi connectivity index (χ4n) is 1.52. The number of rotatable bonds is 5. The van der Waals surface area contributed by atoms with Gasteiger partial charge in [-0.05, 0) is 38.8 Å². The normalized spacial score (nSPS) is 12.0. The summed E-state index contributed by atoms with van der Waals surface area (Å²) >= 11 is 0. The van der Waals surface area contributed by atoms with E-state index in [0.29, 0.717) is 0 Å². The van der Waals surface area contributed by atoms with Crippen LogP contribution in [-0.2, 0) is 4.79 Å². The van der Waals surface area contributed by atoms with Crippen LogP contribution in [0.25, 0.3) is 0 Å². The number of amides is 1. The molecule has 0 aliphatic carbocycles. The summed E-state index contributed by atoms with van der Waals surface area (Å²) in [6.07, 6.45) is 0.926. The summed E-state index contributed by atoms with van der Waals surface area (Å²) in [6.45, 7) is 8.11. The number of carbonyl (C=O) groups excluding carboxylic acids is 1. The molecule has 1 aromatic rings. The van der Waals surface area contributed by atoms with Gasteiger partial charge in [-0.1, -0.05) is 24.6 Å². The van der Waals surface area contributed by atoms with E-state index >= 15 is 0 Å². The number of aryl methyl sites for hydroxylation is 2. The zero-order valence-electron chi connectivity index (χ0n) is 11.0. The molecule has 0 heterocycles. The topological polar surface area (TPSA) is 38.3 Å². The fraction of sp³-hybridized carbons (Fsp3) is 0.500. The lowest BCUT2D eigenvalue weighted by molar-refractivity contribution is -0.123. The highest BCUT2D eigenvalue weighted by molar-refractivity contribution is 5.77. The van der Waals surface area contributed by atoms with Gasteiger partial charge in [-0.15, -0.1) is 0 Å². The molecule has 0 fully saturated rings. The van der Waals surface area contributed by atoms with Crippen LogP contribution in [0.4, 0.5) is 0 Å². The van der Waals surface area contributed by atoms with Gasteiger partial charge in [0.1, 0.15) is 5.75 Å². The van der Waals surface area contributed by atoms with Crippen molar-refractivity contribution in [2.24, 2.45) is 0 Å². The van der Waals surface area contributed by atoms with E-state index in [1.807, 2.05) is 45.9 Å². The van der Waals surface area contributed by atoms with Crippen molar-refractivity contribution in [3.05, 3.63) is 29.3 Å². The molecule has 3 nitrogen and oxygen atoms in total. The zero-order chi connectivity index (χ0) is 12.8. The second kappa shape index (κ2) is 6.28. The molecule has 0 spiro atoms. The summed E-state index contributed by atoms with van der Waals surface area (Å²) in [5, 5.41) is 2.87. The minimum absolute atomic E-state index is 0.0701. The Morgan fingerprint density at radius 2 is 2.12 bits per heavy atom. The zero-order valence-corrected chi connectivity index (χ0v) is 11.0. The van der Waals surface area contributed by atoms with Gasteiger partial charge in [0, 0.05) is 6.04 Å². The molecular weight excluding hydrogens is 214 g/mol. The first-order valence-corrected chi connectivity index (χ1v) is 6.02. The molecule has 1 rings (SSSR count). The Labute approximate surface area is 103 Å². The summed E-state index contributed by atoms with van der Waals surface area (Å²) < 4.78 is 5.49. The Balaban J connectivity index is 2.47. The highest BCUT2D eigenvalue weighted by atomic mass is 16.5. The van der Waals surface area contributed by atoms with Crippen LogP contribution in [-0.4, -0.2) is 18.6 Å². The van der Waals surface area contributed by atoms with E-state index in [1.165, 1.54) is 5.56 Å². The van der Waals surface area contributed by atoms with Crippen LogP contribution < -0.4 is 10.1 Å². The quantitative estimate of drug-likeness (QED) is 0.852. The monoisotopic (exact) mass is 235 g/mol. The smallest absolute Gasteiger partial charge is 0.258 e. The van der Waals surface area contributed by atoms with E-state index in [0.717, 1.165) is 17.7 Å². The van der Waals surface area contributed by atoms with Crippen molar-refractivity contribution in [3.63, 3.8) is 0 Å². The van der Waals surface area contributed by atoms with E-state index in [9.17, 15) is 4.79 Å². The number of nitrogens with one attached hydrogen (secondary N) is 1. The number of ether oxygens (including phenoxy) is 1. The molecule has 1 aromatic carbocycles. The van der Waals surface area contributed by atoms with E-state index in [1.54, 1.807) is 0 Å². The third kappa shape index (κ3) is 4.47. The van der Waals surface area contributed by atoms with Crippen LogP contribution >= 0.6 is 0 Å². The first-order valence-electron chi connectivity index (χ1n) is 6.02. The maximum atomic E-state index is 11.5. The van der Waals surface area contributed by atoms with E-state index < -0.39 is 0 Å². The molecule has 0 aromatic heterocycles. The van der Waals surface area contributed by atoms with Gasteiger partial charge in [0.05, 0.1) is 0 Å². The van der Waals surface area contributed by atoms with Crippen molar-refractivity contribution in [1.82, 2.24) is 5.32 Å². The first-order chi connectivity index (χ1) is 8.02. The van der Waals surface area contributed by atoms with Crippen molar-refractivity contribution >= 4 is 5.91 Å². The van der Waals surface area contributed by atoms with Gasteiger partial charge >= 0.3 is 0 Å². The van der Waals surface area contributed by atoms with Gasteiger partial charge < -0.3 is 10.1 Å². The molecule has 0 radical (unpaired) electrons. The molecule has 0 aliphatic rings. The van der Waals surface area contributed by atoms with Crippen LogP contribution in [0.1, 0.15) is 31.4 Å². The second-order valence-electron chi connectivity index (χ2n) is 4.43. The number of hydrogen-bond acceptors (Lipinski definition) is 2. The molecule has 0 saturated heterocycles. The number of hydrogen-bond donors (Lipinski definition) is 1. The van der Waals surface area contributed by atoms with Crippen molar-refractivity contribution in [1.29, 1.82) is 0 Å². The largest absolute Gasteiger partial charge is 0.484 e. The minimum atomic E-state index is -0.0701. The molecule has 3 heteroatoms. The molecule has 1 N–H and O–H groups in total. The van der Waals surface area contributed by atoms with Gasteiger partial charge in [-0.3, -0.25) is 4.79 Å². The molecule has 1 atom stereocenters. The lowest BCUT2D eigenvalue weighted by Gasteiger charge is -2.13. The third-order valence-corrected chi connectivity index (χ3v) is 2.71. The minimum Gasteiger partial charge on any atom is -0.484 e. The van der Waals surface area contributed by atoms with Crippen LogP contribution in [0, 0.1) is 13.8 Å². The second-order valence-corrected chi connectivity index (χ2v) is 4.43. The van der Waals surface area contributed by atoms with E-state index in [4.69, 9.17) is 4.74 Å². The van der Waals surface area contributed by atoms with Gasteiger partial charge in [0.15, 0.2) is 6.61 Å². The van der Waals surface area contributed by atoms with E-state index in [-0.39, 0.29) is 18.6 Å². The van der Waals surface area contributed by atoms with E-state index in [2.05, 4.69) is 5.32 Å². The van der Waals surface area contributed by atoms with Crippen LogP contribution in [0.15, 0.2) is 18.2 Å². The number of carbonyl (C=O) groups is 1. The average Bonchev–Trinajstić information content (AvgIpc) is 2.27. The summed E-state index contributed by atoms with van der Waals surface area (Å²) in [6, 6.07) is 6.13. The highest BCUT2D eigenvalue weighted by Gasteiger charge is 2.07. The molecular formula is C14H21NO2. The number of benzene rings is 1. The molecule has 0 bridgehead atoms. The Kier molecular flexibility index (Phi) is 5.01. The lowest BCUT2D eigenvalue weighted by atomic mass is 10.1. The molecule has 1 amide bonds. The SMILES string of the molecule is CC[C@H](C)NC(=O)COc1ccc(C)cc1C. The lowest BCUT2D eigenvalue weighted by Crippen LogP contribution is -2.35. The third-order valence-electron chi connectivity index (χ3n) is 2.71. The maximum absolute atomic E-state index is 11.5. The predicted molar refractivity (Wildman–Crippen MR) is 69.3 cm³/mol. The Morgan fingerprint density at radius 3 is 2.71 bits per heavy atom. The van der Waals surface area contributed by atoms with Crippen molar-refractivity contribution in [2.75, 3.05) is 6.61 Å². The van der Waals surface area contributed by atoms with Crippen molar-refractivity contribution in [3.8, 4) is 5.75 Å². The molecule has 0 saturated carbocycles. The molecule has 0 unspecified atom stereocenters. The Bertz CT molecular complexity index is 388. The molecule has 17 heavy (non-hydrogen) atoms. The summed E-state index contributed by atoms with van der Waals surface area (Å²) in [5.74, 6) is 0.703. The fourth-order valence-corrected chi connectivity index (χ4v) is 1.52. The summed E-state index contributed by atoms with van der Waals surface area (Å²) in [5.41, 5.74) is 2.25. The van der Waals surface area contributed by atoms with Gasteiger partial charge in [0.2, 0.25) is 0 Å². The Morgan fingerprint density at radius 1 is 1.41 bits per heavy atom. The molecule has 0 aliphatic heterocycles. The van der Waals surface area contributed by atoms with Gasteiger partial charge in [0.25, 0.3) is 5.91 Å². The van der Waals surface area contributed by atoms with Gasteiger partial charge in [-0.25, -0.2) is 0 Å². The van der Waals surface area contributed by atoms with Crippen LogP contribution in [0.3, 0.4) is 0 Å². The van der Waals surface area contributed by atoms with Gasteiger partial charge in [-0.2, -0.15) is 0 Å². The summed E-state index contributed by atoms with van der Waals surface area (Å²) in [7, 11) is 0. The standard InChI is InChI=1S/C14H21NO2/c1-5-12(4)15-14(16)9-17-13-7-6-10(2)8-11(13)3/h6-8,12H,5,9H2,1-4H3,(H,15,16)/t12-/m0/s1. The summed E-state index contributed by atoms with van der Waals surface area (Å²) in [4.78, 5) is 11.5. The Hall–Kier alpha value is -1.51. The van der Waals surface area contributed by atoms with Crippen LogP contribution in [0.2, 0.25) is 0 Å². The van der Waals surface area contributed by atoms with Crippen molar-refractivity contribution < 1.29 is 9.53 Å². The predicted octanol–water partition coefficient (Wildman–Crippen LogP) is 2.60. The average molecular weight is 235 g/mol. The first kappa shape index (κ1) is 13.6. The highest BCUT2D eigenvalue weighted by Crippen LogP contribution is 2.18. The van der Waals surface area contributed by atoms with Crippen molar-refractivity contribution in [2.45, 2.75) is 40.2 Å².